The van der Waals surface area contributed by atoms with E-state index in [1.165, 1.54) is 16.9 Å². The van der Waals surface area contributed by atoms with E-state index < -0.39 is 0 Å². The van der Waals surface area contributed by atoms with Crippen molar-refractivity contribution in [1.29, 1.82) is 0 Å². The van der Waals surface area contributed by atoms with Gasteiger partial charge in [-0.25, -0.2) is 0 Å². The van der Waals surface area contributed by atoms with Crippen LogP contribution in [0.25, 0.3) is 0 Å². The summed E-state index contributed by atoms with van der Waals surface area (Å²) in [5.41, 5.74) is 3.97. The van der Waals surface area contributed by atoms with Crippen molar-refractivity contribution in [2.45, 2.75) is 18.7 Å². The number of nitrogens with zero attached hydrogens (tertiary/aromatic N) is 1. The highest BCUT2D eigenvalue weighted by molar-refractivity contribution is 8.00. The van der Waals surface area contributed by atoms with Crippen LogP contribution in [0, 0.1) is 0 Å². The monoisotopic (exact) mass is 408 g/mol. The van der Waals surface area contributed by atoms with Crippen molar-refractivity contribution in [1.82, 2.24) is 0 Å². The highest BCUT2D eigenvalue weighted by Gasteiger charge is 2.33. The Morgan fingerprint density at radius 1 is 1.11 bits per heavy atom. The number of carbonyl (C=O) groups is 2. The minimum atomic E-state index is -0.106. The van der Waals surface area contributed by atoms with Crippen LogP contribution in [0.5, 0.6) is 0 Å². The Labute approximate surface area is 172 Å². The molecule has 1 unspecified atom stereocenters. The number of nitrogens with one attached hydrogen (secondary N) is 1. The number of anilines is 2. The fraction of sp³-hybridized carbons (Fsp3) is 0.182. The molecule has 4 rings (SSSR count). The van der Waals surface area contributed by atoms with Gasteiger partial charge in [-0.1, -0.05) is 37.3 Å². The normalized spacial score (nSPS) is 16.4. The highest BCUT2D eigenvalue weighted by Crippen LogP contribution is 2.42. The molecule has 2 amide bonds. The number of aryl methyl sites for hydroxylation is 1. The lowest BCUT2D eigenvalue weighted by Crippen LogP contribution is -2.27. The maximum Gasteiger partial charge on any atom is 0.265 e. The second-order valence-corrected chi connectivity index (χ2v) is 8.52. The van der Waals surface area contributed by atoms with E-state index in [4.69, 9.17) is 0 Å². The third-order valence-corrected chi connectivity index (χ3v) is 6.77. The van der Waals surface area contributed by atoms with Crippen molar-refractivity contribution in [3.05, 3.63) is 82.0 Å². The molecule has 1 atom stereocenters. The van der Waals surface area contributed by atoms with E-state index in [1.807, 2.05) is 52.7 Å². The van der Waals surface area contributed by atoms with Crippen LogP contribution >= 0.6 is 23.1 Å². The number of carbonyl (C=O) groups excluding carboxylic acids is 2. The van der Waals surface area contributed by atoms with Gasteiger partial charge in [0.2, 0.25) is 5.91 Å². The zero-order valence-corrected chi connectivity index (χ0v) is 17.1. The third kappa shape index (κ3) is 3.84. The molecule has 1 aromatic heterocycles. The maximum absolute atomic E-state index is 12.5. The molecule has 2 heterocycles. The summed E-state index contributed by atoms with van der Waals surface area (Å²) in [6, 6.07) is 19.6. The van der Waals surface area contributed by atoms with Crippen LogP contribution in [-0.4, -0.2) is 17.6 Å². The largest absolute Gasteiger partial charge is 0.321 e. The highest BCUT2D eigenvalue weighted by atomic mass is 32.2. The number of rotatable bonds is 5. The number of hydrogen-bond acceptors (Lipinski definition) is 4. The smallest absolute Gasteiger partial charge is 0.265 e. The van der Waals surface area contributed by atoms with Gasteiger partial charge in [0.1, 0.15) is 5.37 Å². The molecule has 142 valence electrons. The van der Waals surface area contributed by atoms with Gasteiger partial charge in [0, 0.05) is 11.4 Å². The average Bonchev–Trinajstić information content (AvgIpc) is 3.39. The van der Waals surface area contributed by atoms with E-state index in [0.717, 1.165) is 23.4 Å². The molecule has 1 N–H and O–H groups in total. The van der Waals surface area contributed by atoms with Crippen LogP contribution in [0.15, 0.2) is 66.0 Å². The molecular weight excluding hydrogens is 388 g/mol. The van der Waals surface area contributed by atoms with Crippen molar-refractivity contribution >= 4 is 46.3 Å². The zero-order valence-electron chi connectivity index (χ0n) is 15.4. The number of benzene rings is 2. The summed E-state index contributed by atoms with van der Waals surface area (Å²) in [4.78, 5) is 27.2. The summed E-state index contributed by atoms with van der Waals surface area (Å²) in [6.45, 7) is 2.12. The van der Waals surface area contributed by atoms with Crippen LogP contribution in [0.3, 0.4) is 0 Å². The first kappa shape index (κ1) is 18.8. The minimum Gasteiger partial charge on any atom is -0.321 e. The van der Waals surface area contributed by atoms with Gasteiger partial charge in [-0.2, -0.15) is 0 Å². The Morgan fingerprint density at radius 2 is 1.86 bits per heavy atom. The van der Waals surface area contributed by atoms with Crippen LogP contribution < -0.4 is 10.2 Å². The first-order valence-corrected chi connectivity index (χ1v) is 11.1. The van der Waals surface area contributed by atoms with Gasteiger partial charge >= 0.3 is 0 Å². The molecule has 1 fully saturated rings. The predicted molar refractivity (Wildman–Crippen MR) is 117 cm³/mol. The molecule has 1 saturated heterocycles. The Bertz CT molecular complexity index is 967. The van der Waals surface area contributed by atoms with Gasteiger partial charge in [-0.15, -0.1) is 23.1 Å². The topological polar surface area (TPSA) is 49.4 Å². The van der Waals surface area contributed by atoms with Crippen molar-refractivity contribution in [3.8, 4) is 0 Å². The fourth-order valence-corrected chi connectivity index (χ4v) is 4.97. The van der Waals surface area contributed by atoms with Crippen LogP contribution in [-0.2, 0) is 11.2 Å². The van der Waals surface area contributed by atoms with Gasteiger partial charge in [-0.3, -0.25) is 14.5 Å². The molecule has 6 heteroatoms. The summed E-state index contributed by atoms with van der Waals surface area (Å²) >= 11 is 3.04. The summed E-state index contributed by atoms with van der Waals surface area (Å²) in [5.74, 6) is 0.483. The lowest BCUT2D eigenvalue weighted by molar-refractivity contribution is -0.115. The summed E-state index contributed by atoms with van der Waals surface area (Å²) < 4.78 is 0. The molecule has 2 aromatic carbocycles. The van der Waals surface area contributed by atoms with Crippen LogP contribution in [0.2, 0.25) is 0 Å². The summed E-state index contributed by atoms with van der Waals surface area (Å²) in [7, 11) is 0. The van der Waals surface area contributed by atoms with Crippen LogP contribution in [0.1, 0.15) is 33.1 Å². The number of hydrogen-bond donors (Lipinski definition) is 1. The van der Waals surface area contributed by atoms with E-state index >= 15 is 0 Å². The molecule has 0 radical (unpaired) electrons. The molecule has 0 bridgehead atoms. The van der Waals surface area contributed by atoms with Crippen LogP contribution in [0.4, 0.5) is 11.4 Å². The molecule has 28 heavy (non-hydrogen) atoms. The zero-order chi connectivity index (χ0) is 19.5. The Balaban J connectivity index is 1.52. The minimum absolute atomic E-state index is 0.0537. The van der Waals surface area contributed by atoms with Gasteiger partial charge in [-0.05, 0) is 53.3 Å². The summed E-state index contributed by atoms with van der Waals surface area (Å²) in [5, 5.41) is 4.74. The summed E-state index contributed by atoms with van der Waals surface area (Å²) in [6.07, 6.45) is 0.977. The standard InChI is InChI=1S/C22H20N2O2S2/c1-2-15-5-11-18(12-6-15)24-20(25)14-28-22(24)16-7-9-17(10-8-16)23-21(26)19-4-3-13-27-19/h3-13,22H,2,14H2,1H3,(H,23,26). The number of amides is 2. The van der Waals surface area contributed by atoms with Gasteiger partial charge in [0.05, 0.1) is 10.6 Å². The lowest BCUT2D eigenvalue weighted by Gasteiger charge is -2.24. The second kappa shape index (κ2) is 8.20. The molecule has 0 spiro atoms. The molecular formula is C22H20N2O2S2. The SMILES string of the molecule is CCc1ccc(N2C(=O)CSC2c2ccc(NC(=O)c3cccs3)cc2)cc1. The molecule has 3 aromatic rings. The maximum atomic E-state index is 12.5. The average molecular weight is 409 g/mol. The van der Waals surface area contributed by atoms with Crippen molar-refractivity contribution < 1.29 is 9.59 Å². The van der Waals surface area contributed by atoms with E-state index in [-0.39, 0.29) is 17.2 Å². The predicted octanol–water partition coefficient (Wildman–Crippen LogP) is 5.34. The fourth-order valence-electron chi connectivity index (χ4n) is 3.17. The Hall–Kier alpha value is -2.57. The van der Waals surface area contributed by atoms with E-state index in [0.29, 0.717) is 10.6 Å². The van der Waals surface area contributed by atoms with E-state index in [2.05, 4.69) is 24.4 Å². The molecule has 4 nitrogen and oxygen atoms in total. The van der Waals surface area contributed by atoms with Crippen molar-refractivity contribution in [2.24, 2.45) is 0 Å². The first-order valence-electron chi connectivity index (χ1n) is 9.13. The van der Waals surface area contributed by atoms with Crippen molar-refractivity contribution in [2.75, 3.05) is 16.0 Å². The van der Waals surface area contributed by atoms with E-state index in [9.17, 15) is 9.59 Å². The third-order valence-electron chi connectivity index (χ3n) is 4.69. The number of thiophene rings is 1. The second-order valence-electron chi connectivity index (χ2n) is 6.50. The first-order chi connectivity index (χ1) is 13.7. The van der Waals surface area contributed by atoms with E-state index in [1.54, 1.807) is 17.8 Å². The lowest BCUT2D eigenvalue weighted by atomic mass is 10.1. The van der Waals surface area contributed by atoms with Gasteiger partial charge in [0.25, 0.3) is 5.91 Å². The molecule has 0 saturated carbocycles. The molecule has 1 aliphatic heterocycles. The number of thioether (sulfide) groups is 1. The quantitative estimate of drug-likeness (QED) is 0.620. The van der Waals surface area contributed by atoms with Crippen molar-refractivity contribution in [3.63, 3.8) is 0 Å². The van der Waals surface area contributed by atoms with Gasteiger partial charge < -0.3 is 5.32 Å². The molecule has 1 aliphatic rings. The molecule has 0 aliphatic carbocycles. The Kier molecular flexibility index (Phi) is 5.50. The Morgan fingerprint density at radius 3 is 2.50 bits per heavy atom. The van der Waals surface area contributed by atoms with Gasteiger partial charge in [0.15, 0.2) is 0 Å².